The lowest BCUT2D eigenvalue weighted by Crippen LogP contribution is -2.15. The number of hydrogen-bond donors (Lipinski definition) is 1. The van der Waals surface area contributed by atoms with Crippen LogP contribution in [0.25, 0.3) is 22.4 Å². The topological polar surface area (TPSA) is 79.4 Å². The van der Waals surface area contributed by atoms with Gasteiger partial charge in [0.15, 0.2) is 11.6 Å². The number of ether oxygens (including phenoxy) is 2. The van der Waals surface area contributed by atoms with Crippen molar-refractivity contribution in [1.82, 2.24) is 9.55 Å². The number of nitrogen functional groups attached to an aromatic ring is 1. The summed E-state index contributed by atoms with van der Waals surface area (Å²) in [6.07, 6.45) is -0.612. The molecule has 0 radical (unpaired) electrons. The van der Waals surface area contributed by atoms with Gasteiger partial charge in [0.25, 0.3) is 0 Å². The van der Waals surface area contributed by atoms with E-state index in [0.29, 0.717) is 43.9 Å². The highest BCUT2D eigenvalue weighted by atomic mass is 35.5. The summed E-state index contributed by atoms with van der Waals surface area (Å²) in [6.45, 7) is 0.105. The lowest BCUT2D eigenvalue weighted by molar-refractivity contribution is 0.142. The predicted octanol–water partition coefficient (Wildman–Crippen LogP) is 5.79. The van der Waals surface area contributed by atoms with Crippen LogP contribution in [0.4, 0.5) is 10.5 Å². The van der Waals surface area contributed by atoms with Crippen LogP contribution in [0.3, 0.4) is 0 Å². The molecule has 152 valence electrons. The average molecular weight is 442 g/mol. The molecule has 0 fully saturated rings. The lowest BCUT2D eigenvalue weighted by Gasteiger charge is -2.13. The fraction of sp³-hybridized carbons (Fsp3) is 0.0909. The van der Waals surface area contributed by atoms with E-state index >= 15 is 0 Å². The molecule has 1 aromatic heterocycles. The van der Waals surface area contributed by atoms with Crippen molar-refractivity contribution in [2.24, 2.45) is 0 Å². The number of hydrogen-bond acceptors (Lipinski definition) is 5. The number of benzene rings is 3. The first-order valence-electron chi connectivity index (χ1n) is 9.01. The van der Waals surface area contributed by atoms with Crippen LogP contribution >= 0.6 is 23.2 Å². The Balaban J connectivity index is 1.86. The molecular weight excluding hydrogens is 425 g/mol. The zero-order chi connectivity index (χ0) is 21.3. The van der Waals surface area contributed by atoms with Crippen LogP contribution in [0.15, 0.2) is 60.7 Å². The molecule has 0 spiro atoms. The lowest BCUT2D eigenvalue weighted by atomic mass is 10.1. The first kappa shape index (κ1) is 20.1. The Labute approximate surface area is 182 Å². The van der Waals surface area contributed by atoms with Crippen molar-refractivity contribution < 1.29 is 14.3 Å². The van der Waals surface area contributed by atoms with E-state index in [9.17, 15) is 4.79 Å². The molecule has 30 heavy (non-hydrogen) atoms. The molecule has 4 rings (SSSR count). The highest BCUT2D eigenvalue weighted by Crippen LogP contribution is 2.37. The third-order valence-electron chi connectivity index (χ3n) is 4.57. The predicted molar refractivity (Wildman–Crippen MR) is 118 cm³/mol. The van der Waals surface area contributed by atoms with Crippen molar-refractivity contribution in [1.29, 1.82) is 0 Å². The number of methoxy groups -OCH3 is 1. The van der Waals surface area contributed by atoms with Crippen LogP contribution in [0.2, 0.25) is 10.0 Å². The van der Waals surface area contributed by atoms with Gasteiger partial charge in [0.05, 0.1) is 39.4 Å². The highest BCUT2D eigenvalue weighted by molar-refractivity contribution is 6.42. The molecule has 1 heterocycles. The van der Waals surface area contributed by atoms with E-state index in [1.54, 1.807) is 30.3 Å². The van der Waals surface area contributed by atoms with Crippen molar-refractivity contribution in [3.8, 4) is 17.1 Å². The van der Waals surface area contributed by atoms with E-state index < -0.39 is 6.09 Å². The number of imidazole rings is 1. The molecule has 0 aliphatic heterocycles. The Bertz CT molecular complexity index is 1240. The van der Waals surface area contributed by atoms with E-state index in [0.717, 1.165) is 5.56 Å². The van der Waals surface area contributed by atoms with Gasteiger partial charge in [-0.1, -0.05) is 59.6 Å². The molecule has 0 saturated carbocycles. The Morgan fingerprint density at radius 2 is 1.80 bits per heavy atom. The van der Waals surface area contributed by atoms with Gasteiger partial charge in [-0.25, -0.2) is 14.3 Å². The van der Waals surface area contributed by atoms with Crippen molar-refractivity contribution in [3.05, 3.63) is 76.3 Å². The zero-order valence-electron chi connectivity index (χ0n) is 15.9. The smallest absolute Gasteiger partial charge is 0.420 e. The average Bonchev–Trinajstić information content (AvgIpc) is 3.11. The highest BCUT2D eigenvalue weighted by Gasteiger charge is 2.23. The Morgan fingerprint density at radius 3 is 2.53 bits per heavy atom. The van der Waals surface area contributed by atoms with Crippen molar-refractivity contribution in [2.75, 3.05) is 12.8 Å². The van der Waals surface area contributed by atoms with Gasteiger partial charge in [-0.15, -0.1) is 0 Å². The van der Waals surface area contributed by atoms with Crippen LogP contribution in [-0.2, 0) is 11.3 Å². The minimum absolute atomic E-state index is 0.105. The van der Waals surface area contributed by atoms with E-state index in [2.05, 4.69) is 4.98 Å². The minimum Gasteiger partial charge on any atom is -0.494 e. The Kier molecular flexibility index (Phi) is 5.53. The Hall–Kier alpha value is -3.22. The number of anilines is 1. The summed E-state index contributed by atoms with van der Waals surface area (Å²) in [6, 6.07) is 17.8. The van der Waals surface area contributed by atoms with Crippen molar-refractivity contribution in [3.63, 3.8) is 0 Å². The van der Waals surface area contributed by atoms with Gasteiger partial charge in [-0.3, -0.25) is 0 Å². The van der Waals surface area contributed by atoms with Gasteiger partial charge in [-0.05, 0) is 29.8 Å². The quantitative estimate of drug-likeness (QED) is 0.405. The molecule has 8 heteroatoms. The number of nitrogens with two attached hydrogens (primary N) is 1. The Morgan fingerprint density at radius 1 is 1.07 bits per heavy atom. The van der Waals surface area contributed by atoms with Crippen LogP contribution in [0, 0.1) is 0 Å². The van der Waals surface area contributed by atoms with Gasteiger partial charge < -0.3 is 15.2 Å². The summed E-state index contributed by atoms with van der Waals surface area (Å²) >= 11 is 12.4. The second kappa shape index (κ2) is 8.26. The third-order valence-corrected chi connectivity index (χ3v) is 5.30. The number of para-hydroxylation sites is 1. The van der Waals surface area contributed by atoms with Crippen molar-refractivity contribution in [2.45, 2.75) is 6.61 Å². The van der Waals surface area contributed by atoms with Gasteiger partial charge >= 0.3 is 6.09 Å². The second-order valence-electron chi connectivity index (χ2n) is 6.49. The number of aromatic nitrogens is 2. The summed E-state index contributed by atoms with van der Waals surface area (Å²) in [5.74, 6) is 0.715. The van der Waals surface area contributed by atoms with Crippen LogP contribution in [0.5, 0.6) is 5.75 Å². The van der Waals surface area contributed by atoms with Gasteiger partial charge in [0.2, 0.25) is 0 Å². The van der Waals surface area contributed by atoms with Crippen LogP contribution < -0.4 is 10.5 Å². The van der Waals surface area contributed by atoms with Crippen molar-refractivity contribution >= 4 is 46.0 Å². The molecule has 0 saturated heterocycles. The number of fused-ring (bicyclic) bond motifs is 1. The number of rotatable bonds is 4. The first-order valence-corrected chi connectivity index (χ1v) is 9.76. The minimum atomic E-state index is -0.612. The molecule has 6 nitrogen and oxygen atoms in total. The third kappa shape index (κ3) is 3.67. The fourth-order valence-electron chi connectivity index (χ4n) is 3.18. The summed E-state index contributed by atoms with van der Waals surface area (Å²) < 4.78 is 12.4. The molecule has 4 aromatic rings. The van der Waals surface area contributed by atoms with E-state index in [-0.39, 0.29) is 6.61 Å². The molecule has 0 atom stereocenters. The molecule has 3 aromatic carbocycles. The van der Waals surface area contributed by atoms with Crippen LogP contribution in [0.1, 0.15) is 5.56 Å². The summed E-state index contributed by atoms with van der Waals surface area (Å²) in [5, 5.41) is 0.629. The molecule has 0 bridgehead atoms. The molecular formula is C22H17Cl2N3O3. The normalized spacial score (nSPS) is 10.9. The summed E-state index contributed by atoms with van der Waals surface area (Å²) in [5.41, 5.74) is 8.82. The van der Waals surface area contributed by atoms with E-state index in [1.165, 1.54) is 11.7 Å². The second-order valence-corrected chi connectivity index (χ2v) is 7.31. The molecule has 0 aliphatic carbocycles. The summed E-state index contributed by atoms with van der Waals surface area (Å²) in [7, 11) is 1.50. The van der Waals surface area contributed by atoms with Crippen LogP contribution in [-0.4, -0.2) is 22.8 Å². The maximum absolute atomic E-state index is 13.1. The van der Waals surface area contributed by atoms with E-state index in [1.807, 2.05) is 30.3 Å². The molecule has 0 amide bonds. The SMILES string of the molecule is COc1c(N)cccc1-c1nc2cc(Cl)c(Cl)cc2n1C(=O)OCc1ccccc1. The maximum atomic E-state index is 13.1. The summed E-state index contributed by atoms with van der Waals surface area (Å²) in [4.78, 5) is 17.7. The maximum Gasteiger partial charge on any atom is 0.420 e. The van der Waals surface area contributed by atoms with Gasteiger partial charge in [0, 0.05) is 0 Å². The first-order chi connectivity index (χ1) is 14.5. The number of carbonyl (C=O) groups is 1. The standard InChI is InChI=1S/C22H17Cl2N3O3/c1-29-20-14(8-5-9-17(20)25)21-26-18-10-15(23)16(24)11-19(18)27(21)22(28)30-12-13-6-3-2-4-7-13/h2-11H,12,25H2,1H3. The molecule has 2 N–H and O–H groups in total. The van der Waals surface area contributed by atoms with Gasteiger partial charge in [-0.2, -0.15) is 0 Å². The fourth-order valence-corrected chi connectivity index (χ4v) is 3.50. The zero-order valence-corrected chi connectivity index (χ0v) is 17.4. The number of nitrogens with zero attached hydrogens (tertiary/aromatic N) is 2. The number of carbonyl (C=O) groups excluding carboxylic acids is 1. The number of halogens is 2. The molecule has 0 unspecified atom stereocenters. The van der Waals surface area contributed by atoms with E-state index in [4.69, 9.17) is 38.4 Å². The largest absolute Gasteiger partial charge is 0.494 e. The molecule has 0 aliphatic rings. The van der Waals surface area contributed by atoms with Gasteiger partial charge in [0.1, 0.15) is 6.61 Å². The monoisotopic (exact) mass is 441 g/mol.